The topological polar surface area (TPSA) is 113 Å². The van der Waals surface area contributed by atoms with E-state index in [2.05, 4.69) is 18.7 Å². The molecule has 1 fully saturated rings. The van der Waals surface area contributed by atoms with E-state index < -0.39 is 22.7 Å². The summed E-state index contributed by atoms with van der Waals surface area (Å²) in [4.78, 5) is 40.3. The van der Waals surface area contributed by atoms with E-state index in [4.69, 9.17) is 4.74 Å². The Hall–Kier alpha value is -3.72. The fourth-order valence-electron chi connectivity index (χ4n) is 4.14. The second-order valence-corrected chi connectivity index (χ2v) is 7.95. The van der Waals surface area contributed by atoms with E-state index in [1.54, 1.807) is 24.3 Å². The smallest absolute Gasteiger partial charge is 0.295 e. The van der Waals surface area contributed by atoms with Gasteiger partial charge in [0.1, 0.15) is 11.5 Å². The van der Waals surface area contributed by atoms with Gasteiger partial charge in [-0.2, -0.15) is 0 Å². The fraction of sp³-hybridized carbons (Fsp3) is 0.360. The van der Waals surface area contributed by atoms with Crippen LogP contribution in [0.2, 0.25) is 0 Å². The fourth-order valence-corrected chi connectivity index (χ4v) is 4.14. The van der Waals surface area contributed by atoms with Crippen LogP contribution in [-0.2, 0) is 9.59 Å². The molecule has 1 amide bonds. The number of nitrogens with zero attached hydrogens (tertiary/aromatic N) is 3. The van der Waals surface area contributed by atoms with E-state index in [9.17, 15) is 24.8 Å². The summed E-state index contributed by atoms with van der Waals surface area (Å²) in [6.07, 6.45) is 0.640. The van der Waals surface area contributed by atoms with Gasteiger partial charge < -0.3 is 19.6 Å². The highest BCUT2D eigenvalue weighted by Gasteiger charge is 2.45. The Morgan fingerprint density at radius 2 is 1.71 bits per heavy atom. The maximum atomic E-state index is 13.1. The molecule has 9 nitrogen and oxygen atoms in total. The van der Waals surface area contributed by atoms with Gasteiger partial charge in [0.2, 0.25) is 0 Å². The molecular formula is C25H29N3O6. The predicted molar refractivity (Wildman–Crippen MR) is 128 cm³/mol. The third kappa shape index (κ3) is 5.09. The zero-order valence-corrected chi connectivity index (χ0v) is 19.6. The number of hydrogen-bond donors (Lipinski definition) is 1. The number of ketones is 1. The first kappa shape index (κ1) is 24.9. The Balaban J connectivity index is 2.03. The zero-order valence-electron chi connectivity index (χ0n) is 19.6. The summed E-state index contributed by atoms with van der Waals surface area (Å²) in [5.41, 5.74) is 0.751. The molecule has 0 aliphatic carbocycles. The molecule has 0 radical (unpaired) electrons. The average Bonchev–Trinajstić information content (AvgIpc) is 3.11. The summed E-state index contributed by atoms with van der Waals surface area (Å²) in [5, 5.41) is 22.2. The number of carbonyl (C=O) groups is 2. The largest absolute Gasteiger partial charge is 0.507 e. The first-order valence-corrected chi connectivity index (χ1v) is 11.2. The Bertz CT molecular complexity index is 1070. The van der Waals surface area contributed by atoms with Gasteiger partial charge in [0.05, 0.1) is 23.6 Å². The van der Waals surface area contributed by atoms with E-state index >= 15 is 0 Å². The van der Waals surface area contributed by atoms with E-state index in [0.717, 1.165) is 19.6 Å². The number of nitro groups is 1. The molecular weight excluding hydrogens is 438 g/mol. The van der Waals surface area contributed by atoms with Crippen LogP contribution in [0.5, 0.6) is 5.75 Å². The van der Waals surface area contributed by atoms with E-state index in [1.807, 2.05) is 0 Å². The van der Waals surface area contributed by atoms with Gasteiger partial charge in [-0.05, 0) is 68.0 Å². The third-order valence-corrected chi connectivity index (χ3v) is 6.09. The van der Waals surface area contributed by atoms with Crippen molar-refractivity contribution in [2.45, 2.75) is 26.3 Å². The monoisotopic (exact) mass is 467 g/mol. The van der Waals surface area contributed by atoms with Crippen LogP contribution in [0.3, 0.4) is 0 Å². The molecule has 34 heavy (non-hydrogen) atoms. The minimum atomic E-state index is -0.848. The van der Waals surface area contributed by atoms with Crippen LogP contribution in [0.1, 0.15) is 37.4 Å². The highest BCUT2D eigenvalue weighted by atomic mass is 16.6. The molecule has 0 aromatic heterocycles. The number of amides is 1. The zero-order chi connectivity index (χ0) is 24.8. The van der Waals surface area contributed by atoms with Crippen molar-refractivity contribution in [1.29, 1.82) is 0 Å². The highest BCUT2D eigenvalue weighted by molar-refractivity contribution is 6.46. The highest BCUT2D eigenvalue weighted by Crippen LogP contribution is 2.40. The van der Waals surface area contributed by atoms with Gasteiger partial charge >= 0.3 is 0 Å². The van der Waals surface area contributed by atoms with Crippen molar-refractivity contribution in [2.24, 2.45) is 0 Å². The van der Waals surface area contributed by atoms with E-state index in [-0.39, 0.29) is 17.0 Å². The predicted octanol–water partition coefficient (Wildman–Crippen LogP) is 3.76. The van der Waals surface area contributed by atoms with Gasteiger partial charge in [0.25, 0.3) is 17.4 Å². The number of aliphatic hydroxyl groups excluding tert-OH is 1. The number of benzene rings is 2. The van der Waals surface area contributed by atoms with Gasteiger partial charge in [-0.15, -0.1) is 0 Å². The number of ether oxygens (including phenoxy) is 1. The second kappa shape index (κ2) is 10.9. The van der Waals surface area contributed by atoms with Crippen LogP contribution < -0.4 is 4.74 Å². The number of hydrogen-bond acceptors (Lipinski definition) is 7. The lowest BCUT2D eigenvalue weighted by Crippen LogP contribution is -2.33. The van der Waals surface area contributed by atoms with E-state index in [0.29, 0.717) is 29.8 Å². The van der Waals surface area contributed by atoms with Crippen molar-refractivity contribution >= 4 is 23.1 Å². The van der Waals surface area contributed by atoms with Crippen LogP contribution in [0, 0.1) is 10.1 Å². The molecule has 1 saturated heterocycles. The quantitative estimate of drug-likeness (QED) is 0.186. The molecule has 1 aliphatic rings. The van der Waals surface area contributed by atoms with Crippen molar-refractivity contribution < 1.29 is 24.4 Å². The second-order valence-electron chi connectivity index (χ2n) is 7.95. The SMILES string of the molecule is CCN(CC)CCCN1C(=O)C(=O)/C(=C(/O)c2ccc(OC)cc2)[C@@H]1c1ccc([N+](=O)[O-])cc1. The number of rotatable bonds is 10. The molecule has 9 heteroatoms. The van der Waals surface area contributed by atoms with Crippen LogP contribution in [0.25, 0.3) is 5.76 Å². The molecule has 1 aliphatic heterocycles. The molecule has 0 saturated carbocycles. The average molecular weight is 468 g/mol. The minimum Gasteiger partial charge on any atom is -0.507 e. The van der Waals surface area contributed by atoms with Crippen LogP contribution in [-0.4, -0.2) is 64.8 Å². The molecule has 1 N–H and O–H groups in total. The maximum Gasteiger partial charge on any atom is 0.295 e. The summed E-state index contributed by atoms with van der Waals surface area (Å²) < 4.78 is 5.15. The number of non-ortho nitro benzene ring substituents is 1. The minimum absolute atomic E-state index is 0.0353. The Labute approximate surface area is 198 Å². The number of nitro benzene ring substituents is 1. The normalized spacial score (nSPS) is 17.4. The summed E-state index contributed by atoms with van der Waals surface area (Å²) in [6.45, 7) is 6.92. The molecule has 0 unspecified atom stereocenters. The van der Waals surface area contributed by atoms with Crippen molar-refractivity contribution in [3.05, 3.63) is 75.3 Å². The molecule has 2 aromatic rings. The van der Waals surface area contributed by atoms with Gasteiger partial charge in [-0.3, -0.25) is 19.7 Å². The van der Waals surface area contributed by atoms with E-state index in [1.165, 1.54) is 36.3 Å². The Morgan fingerprint density at radius 3 is 2.24 bits per heavy atom. The van der Waals surface area contributed by atoms with Crippen LogP contribution in [0.4, 0.5) is 5.69 Å². The summed E-state index contributed by atoms with van der Waals surface area (Å²) >= 11 is 0. The Kier molecular flexibility index (Phi) is 8.01. The maximum absolute atomic E-state index is 13.1. The van der Waals surface area contributed by atoms with Gasteiger partial charge in [0, 0.05) is 24.2 Å². The molecule has 2 aromatic carbocycles. The van der Waals surface area contributed by atoms with Crippen molar-refractivity contribution in [3.8, 4) is 5.75 Å². The lowest BCUT2D eigenvalue weighted by molar-refractivity contribution is -0.384. The molecule has 3 rings (SSSR count). The number of Topliss-reactive ketones (excluding diaryl/α,β-unsaturated/α-hetero) is 1. The summed E-state index contributed by atoms with van der Waals surface area (Å²) in [7, 11) is 1.52. The van der Waals surface area contributed by atoms with Crippen LogP contribution in [0.15, 0.2) is 54.1 Å². The van der Waals surface area contributed by atoms with Crippen molar-refractivity contribution in [1.82, 2.24) is 9.80 Å². The third-order valence-electron chi connectivity index (χ3n) is 6.09. The number of likely N-dealkylation sites (tertiary alicyclic amines) is 1. The van der Waals surface area contributed by atoms with Crippen molar-refractivity contribution in [2.75, 3.05) is 33.3 Å². The standard InChI is InChI=1S/C25H29N3O6/c1-4-26(5-2)15-6-16-27-22(17-7-11-19(12-8-17)28(32)33)21(24(30)25(27)31)23(29)18-9-13-20(34-3)14-10-18/h7-14,22,29H,4-6,15-16H2,1-3H3/b23-21+/t22-/m0/s1. The molecule has 1 atom stereocenters. The number of aliphatic hydroxyl groups is 1. The lowest BCUT2D eigenvalue weighted by Gasteiger charge is -2.26. The molecule has 0 bridgehead atoms. The molecule has 180 valence electrons. The first-order chi connectivity index (χ1) is 16.3. The number of methoxy groups -OCH3 is 1. The van der Waals surface area contributed by atoms with Crippen molar-refractivity contribution in [3.63, 3.8) is 0 Å². The van der Waals surface area contributed by atoms with Gasteiger partial charge in [0.15, 0.2) is 0 Å². The first-order valence-electron chi connectivity index (χ1n) is 11.2. The Morgan fingerprint density at radius 1 is 1.09 bits per heavy atom. The van der Waals surface area contributed by atoms with Crippen LogP contribution >= 0.6 is 0 Å². The lowest BCUT2D eigenvalue weighted by atomic mass is 9.95. The number of carbonyl (C=O) groups excluding carboxylic acids is 2. The molecule has 0 spiro atoms. The van der Waals surface area contributed by atoms with Gasteiger partial charge in [-0.1, -0.05) is 13.8 Å². The summed E-state index contributed by atoms with van der Waals surface area (Å²) in [6, 6.07) is 11.4. The molecule has 1 heterocycles. The van der Waals surface area contributed by atoms with Gasteiger partial charge in [-0.25, -0.2) is 0 Å². The summed E-state index contributed by atoms with van der Waals surface area (Å²) in [5.74, 6) is -1.19.